The van der Waals surface area contributed by atoms with Crippen LogP contribution in [-0.2, 0) is 11.3 Å². The molecule has 1 aliphatic heterocycles. The van der Waals surface area contributed by atoms with Crippen LogP contribution in [0.4, 0.5) is 0 Å². The molecule has 1 heterocycles. The van der Waals surface area contributed by atoms with E-state index in [-0.39, 0.29) is 0 Å². The van der Waals surface area contributed by atoms with Gasteiger partial charge in [0.15, 0.2) is 0 Å². The number of nitrogens with one attached hydrogen (secondary N) is 1. The van der Waals surface area contributed by atoms with E-state index in [1.165, 1.54) is 18.4 Å². The van der Waals surface area contributed by atoms with E-state index in [2.05, 4.69) is 17.4 Å². The lowest BCUT2D eigenvalue weighted by Gasteiger charge is -2.25. The normalized spacial score (nSPS) is 19.2. The van der Waals surface area contributed by atoms with Gasteiger partial charge in [0, 0.05) is 13.2 Å². The number of hydrogen-bond donors (Lipinski definition) is 1. The molecule has 19 heavy (non-hydrogen) atoms. The number of benzene rings is 1. The lowest BCUT2D eigenvalue weighted by molar-refractivity contribution is 0.178. The van der Waals surface area contributed by atoms with Gasteiger partial charge in [-0.2, -0.15) is 0 Å². The van der Waals surface area contributed by atoms with E-state index in [9.17, 15) is 0 Å². The predicted octanol–water partition coefficient (Wildman–Crippen LogP) is 2.66. The fourth-order valence-corrected chi connectivity index (χ4v) is 2.63. The van der Waals surface area contributed by atoms with Gasteiger partial charge in [0.1, 0.15) is 11.5 Å². The lowest BCUT2D eigenvalue weighted by atomic mass is 9.96. The molecule has 1 N–H and O–H groups in total. The summed E-state index contributed by atoms with van der Waals surface area (Å²) < 4.78 is 16.2. The fraction of sp³-hybridized carbons (Fsp3) is 0.600. The third-order valence-corrected chi connectivity index (χ3v) is 3.63. The molecule has 2 rings (SSSR count). The first-order chi connectivity index (χ1) is 9.30. The van der Waals surface area contributed by atoms with Gasteiger partial charge in [-0.3, -0.25) is 0 Å². The van der Waals surface area contributed by atoms with Gasteiger partial charge in [-0.15, -0.1) is 0 Å². The van der Waals surface area contributed by atoms with E-state index in [4.69, 9.17) is 14.2 Å². The van der Waals surface area contributed by atoms with Crippen LogP contribution in [0.5, 0.6) is 11.5 Å². The first-order valence-corrected chi connectivity index (χ1v) is 6.77. The Bertz CT molecular complexity index is 389. The summed E-state index contributed by atoms with van der Waals surface area (Å²) in [6.07, 6.45) is 3.69. The van der Waals surface area contributed by atoms with Crippen LogP contribution < -0.4 is 14.8 Å². The number of ether oxygens (including phenoxy) is 3. The van der Waals surface area contributed by atoms with Crippen LogP contribution in [-0.4, -0.2) is 27.9 Å². The third-order valence-electron chi connectivity index (χ3n) is 3.63. The zero-order valence-electron chi connectivity index (χ0n) is 12.0. The second kappa shape index (κ2) is 6.78. The highest BCUT2D eigenvalue weighted by atomic mass is 16.5. The van der Waals surface area contributed by atoms with Crippen molar-refractivity contribution >= 4 is 0 Å². The van der Waals surface area contributed by atoms with E-state index in [0.29, 0.717) is 12.6 Å². The summed E-state index contributed by atoms with van der Waals surface area (Å²) in [4.78, 5) is 0. The quantitative estimate of drug-likeness (QED) is 0.888. The summed E-state index contributed by atoms with van der Waals surface area (Å²) >= 11 is 0. The standard InChI is InChI=1S/C15H23NO3/c1-17-10-12-14(18-2)8-11(9-15(12)19-3)13-6-4-5-7-16-13/h8-9,13,16H,4-7,10H2,1-3H3. The zero-order valence-corrected chi connectivity index (χ0v) is 12.0. The average molecular weight is 265 g/mol. The second-order valence-electron chi connectivity index (χ2n) is 4.84. The van der Waals surface area contributed by atoms with E-state index in [1.54, 1.807) is 21.3 Å². The van der Waals surface area contributed by atoms with E-state index >= 15 is 0 Å². The molecule has 0 aliphatic carbocycles. The molecule has 0 radical (unpaired) electrons. The van der Waals surface area contributed by atoms with Crippen LogP contribution in [0.1, 0.15) is 36.4 Å². The Morgan fingerprint density at radius 2 is 1.79 bits per heavy atom. The zero-order chi connectivity index (χ0) is 13.7. The molecule has 1 unspecified atom stereocenters. The topological polar surface area (TPSA) is 39.7 Å². The molecule has 0 bridgehead atoms. The highest BCUT2D eigenvalue weighted by Gasteiger charge is 2.19. The maximum atomic E-state index is 5.48. The first-order valence-electron chi connectivity index (χ1n) is 6.77. The van der Waals surface area contributed by atoms with Gasteiger partial charge in [0.2, 0.25) is 0 Å². The van der Waals surface area contributed by atoms with Crippen LogP contribution >= 0.6 is 0 Å². The molecule has 0 amide bonds. The SMILES string of the molecule is COCc1c(OC)cc(C2CCCCN2)cc1OC. The summed E-state index contributed by atoms with van der Waals surface area (Å²) in [6, 6.07) is 4.59. The molecule has 4 heteroatoms. The highest BCUT2D eigenvalue weighted by Crippen LogP contribution is 2.35. The molecule has 1 aliphatic rings. The Balaban J connectivity index is 2.34. The van der Waals surface area contributed by atoms with Gasteiger partial charge in [-0.1, -0.05) is 6.42 Å². The summed E-state index contributed by atoms with van der Waals surface area (Å²) in [7, 11) is 5.05. The Morgan fingerprint density at radius 1 is 1.11 bits per heavy atom. The van der Waals surface area contributed by atoms with Gasteiger partial charge in [-0.05, 0) is 37.1 Å². The minimum atomic E-state index is 0.396. The van der Waals surface area contributed by atoms with Crippen molar-refractivity contribution in [3.63, 3.8) is 0 Å². The van der Waals surface area contributed by atoms with Crippen molar-refractivity contribution < 1.29 is 14.2 Å². The fourth-order valence-electron chi connectivity index (χ4n) is 2.63. The van der Waals surface area contributed by atoms with Crippen molar-refractivity contribution in [2.75, 3.05) is 27.9 Å². The van der Waals surface area contributed by atoms with Crippen molar-refractivity contribution in [2.24, 2.45) is 0 Å². The largest absolute Gasteiger partial charge is 0.496 e. The van der Waals surface area contributed by atoms with Gasteiger partial charge < -0.3 is 19.5 Å². The van der Waals surface area contributed by atoms with Crippen LogP contribution in [0.15, 0.2) is 12.1 Å². The van der Waals surface area contributed by atoms with Gasteiger partial charge in [0.05, 0.1) is 26.4 Å². The molecular weight excluding hydrogens is 242 g/mol. The molecule has 4 nitrogen and oxygen atoms in total. The molecule has 1 aromatic carbocycles. The molecule has 0 spiro atoms. The summed E-state index contributed by atoms with van der Waals surface area (Å²) in [6.45, 7) is 1.57. The van der Waals surface area contributed by atoms with E-state index in [1.807, 2.05) is 0 Å². The second-order valence-corrected chi connectivity index (χ2v) is 4.84. The van der Waals surface area contributed by atoms with Crippen LogP contribution in [0.3, 0.4) is 0 Å². The van der Waals surface area contributed by atoms with E-state index in [0.717, 1.165) is 30.0 Å². The van der Waals surface area contributed by atoms with Crippen molar-refractivity contribution in [3.8, 4) is 11.5 Å². The molecule has 1 aromatic rings. The maximum absolute atomic E-state index is 5.48. The van der Waals surface area contributed by atoms with Crippen LogP contribution in [0, 0.1) is 0 Å². The van der Waals surface area contributed by atoms with Gasteiger partial charge >= 0.3 is 0 Å². The summed E-state index contributed by atoms with van der Waals surface area (Å²) in [5.74, 6) is 1.67. The molecular formula is C15H23NO3. The van der Waals surface area contributed by atoms with Crippen molar-refractivity contribution in [1.82, 2.24) is 5.32 Å². The Labute approximate surface area is 115 Å². The van der Waals surface area contributed by atoms with E-state index < -0.39 is 0 Å². The molecule has 1 fully saturated rings. The van der Waals surface area contributed by atoms with Gasteiger partial charge in [0.25, 0.3) is 0 Å². The molecule has 0 aromatic heterocycles. The Morgan fingerprint density at radius 3 is 2.26 bits per heavy atom. The first kappa shape index (κ1) is 14.2. The molecule has 106 valence electrons. The Kier molecular flexibility index (Phi) is 5.05. The molecule has 1 atom stereocenters. The van der Waals surface area contributed by atoms with Crippen molar-refractivity contribution in [2.45, 2.75) is 31.9 Å². The smallest absolute Gasteiger partial charge is 0.128 e. The van der Waals surface area contributed by atoms with Crippen molar-refractivity contribution in [1.29, 1.82) is 0 Å². The third kappa shape index (κ3) is 3.19. The van der Waals surface area contributed by atoms with Crippen LogP contribution in [0.2, 0.25) is 0 Å². The average Bonchev–Trinajstić information content (AvgIpc) is 2.48. The molecule has 1 saturated heterocycles. The Hall–Kier alpha value is -1.26. The highest BCUT2D eigenvalue weighted by molar-refractivity contribution is 5.48. The summed E-state index contributed by atoms with van der Waals surface area (Å²) in [5, 5.41) is 3.55. The number of rotatable bonds is 5. The number of methoxy groups -OCH3 is 3. The monoisotopic (exact) mass is 265 g/mol. The lowest BCUT2D eigenvalue weighted by Crippen LogP contribution is -2.26. The minimum Gasteiger partial charge on any atom is -0.496 e. The minimum absolute atomic E-state index is 0.396. The predicted molar refractivity (Wildman–Crippen MR) is 74.9 cm³/mol. The number of piperidine rings is 1. The maximum Gasteiger partial charge on any atom is 0.128 e. The van der Waals surface area contributed by atoms with Crippen molar-refractivity contribution in [3.05, 3.63) is 23.3 Å². The van der Waals surface area contributed by atoms with Crippen LogP contribution in [0.25, 0.3) is 0 Å². The summed E-state index contributed by atoms with van der Waals surface area (Å²) in [5.41, 5.74) is 2.19. The number of hydrogen-bond acceptors (Lipinski definition) is 4. The molecule has 0 saturated carbocycles. The van der Waals surface area contributed by atoms with Gasteiger partial charge in [-0.25, -0.2) is 0 Å².